The predicted molar refractivity (Wildman–Crippen MR) is 118 cm³/mol. The van der Waals surface area contributed by atoms with Gasteiger partial charge in [0, 0.05) is 13.2 Å². The highest BCUT2D eigenvalue weighted by Gasteiger charge is 2.31. The highest BCUT2D eigenvalue weighted by atomic mass is 32.1. The minimum atomic E-state index is -0.930. The molecule has 7 heteroatoms. The molecule has 2 heterocycles. The van der Waals surface area contributed by atoms with Crippen molar-refractivity contribution in [2.45, 2.75) is 19.4 Å². The Labute approximate surface area is 183 Å². The van der Waals surface area contributed by atoms with Gasteiger partial charge in [-0.1, -0.05) is 41.7 Å². The monoisotopic (exact) mass is 432 g/mol. The number of benzene rings is 2. The van der Waals surface area contributed by atoms with E-state index in [1.54, 1.807) is 4.68 Å². The number of aromatic carboxylic acids is 1. The Bertz CT molecular complexity index is 1240. The summed E-state index contributed by atoms with van der Waals surface area (Å²) in [7, 11) is 1.87. The van der Waals surface area contributed by atoms with E-state index in [0.29, 0.717) is 28.7 Å². The second-order valence-corrected chi connectivity index (χ2v) is 8.38. The van der Waals surface area contributed by atoms with Crippen LogP contribution in [0.15, 0.2) is 60.8 Å². The van der Waals surface area contributed by atoms with Gasteiger partial charge in [0.15, 0.2) is 5.06 Å². The largest absolute Gasteiger partial charge is 0.489 e. The maximum atomic E-state index is 11.8. The number of thiophene rings is 1. The van der Waals surface area contributed by atoms with Gasteiger partial charge >= 0.3 is 5.97 Å². The summed E-state index contributed by atoms with van der Waals surface area (Å²) < 4.78 is 13.7. The summed E-state index contributed by atoms with van der Waals surface area (Å²) >= 11 is 1.16. The van der Waals surface area contributed by atoms with Crippen molar-refractivity contribution in [3.05, 3.63) is 82.4 Å². The molecule has 156 valence electrons. The molecular formula is C24H20N2O4S. The fraction of sp³-hybridized carbons (Fsp3) is 0.167. The molecule has 1 aliphatic carbocycles. The molecule has 0 bridgehead atoms. The number of rotatable bonds is 6. The van der Waals surface area contributed by atoms with Crippen LogP contribution in [-0.4, -0.2) is 20.9 Å². The second kappa shape index (κ2) is 7.92. The van der Waals surface area contributed by atoms with E-state index in [-0.39, 0.29) is 0 Å². The Hall–Kier alpha value is -3.58. The molecule has 1 aliphatic rings. The Kier molecular flexibility index (Phi) is 4.95. The van der Waals surface area contributed by atoms with Gasteiger partial charge in [0.2, 0.25) is 0 Å². The summed E-state index contributed by atoms with van der Waals surface area (Å²) in [6.07, 6.45) is 3.43. The molecule has 0 fully saturated rings. The molecular weight excluding hydrogens is 412 g/mol. The van der Waals surface area contributed by atoms with E-state index in [2.05, 4.69) is 5.10 Å². The fourth-order valence-electron chi connectivity index (χ4n) is 3.81. The zero-order valence-corrected chi connectivity index (χ0v) is 17.7. The number of hydrogen-bond donors (Lipinski definition) is 1. The van der Waals surface area contributed by atoms with Crippen LogP contribution in [0, 0.1) is 0 Å². The van der Waals surface area contributed by atoms with Crippen molar-refractivity contribution in [1.82, 2.24) is 9.78 Å². The molecule has 0 spiro atoms. The lowest BCUT2D eigenvalue weighted by molar-refractivity contribution is 0.0701. The van der Waals surface area contributed by atoms with Gasteiger partial charge < -0.3 is 14.6 Å². The highest BCUT2D eigenvalue weighted by molar-refractivity contribution is 7.16. The molecule has 2 aromatic heterocycles. The summed E-state index contributed by atoms with van der Waals surface area (Å²) in [4.78, 5) is 12.1. The summed E-state index contributed by atoms with van der Waals surface area (Å²) in [6, 6.07) is 17.3. The summed E-state index contributed by atoms with van der Waals surface area (Å²) in [5.74, 6) is 0.430. The lowest BCUT2D eigenvalue weighted by atomic mass is 9.92. The van der Waals surface area contributed by atoms with Crippen molar-refractivity contribution in [3.63, 3.8) is 0 Å². The van der Waals surface area contributed by atoms with Crippen molar-refractivity contribution in [2.75, 3.05) is 0 Å². The third kappa shape index (κ3) is 3.80. The maximum Gasteiger partial charge on any atom is 0.346 e. The molecule has 2 aromatic carbocycles. The van der Waals surface area contributed by atoms with Crippen LogP contribution in [0.1, 0.15) is 26.4 Å². The number of aryl methyl sites for hydroxylation is 2. The van der Waals surface area contributed by atoms with Crippen LogP contribution < -0.4 is 9.47 Å². The van der Waals surface area contributed by atoms with Crippen molar-refractivity contribution in [1.29, 1.82) is 0 Å². The van der Waals surface area contributed by atoms with Crippen LogP contribution in [0.4, 0.5) is 0 Å². The van der Waals surface area contributed by atoms with Gasteiger partial charge in [-0.05, 0) is 53.8 Å². The molecule has 0 saturated heterocycles. The lowest BCUT2D eigenvalue weighted by Crippen LogP contribution is -2.05. The van der Waals surface area contributed by atoms with E-state index in [9.17, 15) is 9.90 Å². The smallest absolute Gasteiger partial charge is 0.346 e. The molecule has 0 aliphatic heterocycles. The van der Waals surface area contributed by atoms with Gasteiger partial charge in [0.05, 0.1) is 5.56 Å². The SMILES string of the molecule is Cn1cc2c(n1)-c1c(Oc3ccc(OCc4ccccc4)cc3)sc(C(=O)O)c1CC2. The lowest BCUT2D eigenvalue weighted by Gasteiger charge is -2.13. The van der Waals surface area contributed by atoms with E-state index in [0.717, 1.165) is 51.5 Å². The first-order chi connectivity index (χ1) is 15.1. The first-order valence-corrected chi connectivity index (χ1v) is 10.8. The molecule has 31 heavy (non-hydrogen) atoms. The standard InChI is InChI=1S/C24H20N2O4S/c1-26-13-16-7-12-19-20(21(16)25-26)24(31-22(19)23(27)28)30-18-10-8-17(9-11-18)29-14-15-5-3-2-4-6-15/h2-6,8-11,13H,7,12,14H2,1H3,(H,27,28). The molecule has 0 unspecified atom stereocenters. The van der Waals surface area contributed by atoms with Crippen molar-refractivity contribution < 1.29 is 19.4 Å². The number of hydrogen-bond acceptors (Lipinski definition) is 5. The highest BCUT2D eigenvalue weighted by Crippen LogP contribution is 2.48. The second-order valence-electron chi connectivity index (χ2n) is 7.40. The van der Waals surface area contributed by atoms with Crippen LogP contribution in [0.25, 0.3) is 11.3 Å². The van der Waals surface area contributed by atoms with E-state index < -0.39 is 5.97 Å². The molecule has 6 nitrogen and oxygen atoms in total. The molecule has 0 atom stereocenters. The minimum Gasteiger partial charge on any atom is -0.489 e. The summed E-state index contributed by atoms with van der Waals surface area (Å²) in [6.45, 7) is 0.490. The van der Waals surface area contributed by atoms with Gasteiger partial charge in [0.25, 0.3) is 0 Å². The van der Waals surface area contributed by atoms with E-state index in [4.69, 9.17) is 9.47 Å². The maximum absolute atomic E-state index is 11.8. The summed E-state index contributed by atoms with van der Waals surface area (Å²) in [5, 5.41) is 14.8. The summed E-state index contributed by atoms with van der Waals surface area (Å²) in [5.41, 5.74) is 4.63. The van der Waals surface area contributed by atoms with Gasteiger partial charge in [-0.2, -0.15) is 5.10 Å². The van der Waals surface area contributed by atoms with Crippen molar-refractivity contribution >= 4 is 17.3 Å². The molecule has 0 radical (unpaired) electrons. The first kappa shape index (κ1) is 19.4. The number of aromatic nitrogens is 2. The van der Waals surface area contributed by atoms with E-state index >= 15 is 0 Å². The Morgan fingerprint density at radius 3 is 2.58 bits per heavy atom. The van der Waals surface area contributed by atoms with Crippen molar-refractivity contribution in [2.24, 2.45) is 7.05 Å². The zero-order chi connectivity index (χ0) is 21.4. The van der Waals surface area contributed by atoms with Gasteiger partial charge in [-0.3, -0.25) is 4.68 Å². The third-order valence-corrected chi connectivity index (χ3v) is 6.34. The topological polar surface area (TPSA) is 73.6 Å². The zero-order valence-electron chi connectivity index (χ0n) is 16.9. The number of ether oxygens (including phenoxy) is 2. The molecule has 4 aromatic rings. The number of fused-ring (bicyclic) bond motifs is 3. The number of carboxylic acid groups (broad SMARTS) is 1. The Morgan fingerprint density at radius 2 is 1.84 bits per heavy atom. The molecule has 1 N–H and O–H groups in total. The van der Waals surface area contributed by atoms with Crippen LogP contribution in [0.5, 0.6) is 16.6 Å². The van der Waals surface area contributed by atoms with Crippen LogP contribution >= 0.6 is 11.3 Å². The van der Waals surface area contributed by atoms with Gasteiger partial charge in [0.1, 0.15) is 28.7 Å². The number of nitrogens with zero attached hydrogens (tertiary/aromatic N) is 2. The predicted octanol–water partition coefficient (Wildman–Crippen LogP) is 5.32. The van der Waals surface area contributed by atoms with E-state index in [1.807, 2.05) is 67.8 Å². The van der Waals surface area contributed by atoms with Crippen LogP contribution in [0.3, 0.4) is 0 Å². The third-order valence-electron chi connectivity index (χ3n) is 5.24. The first-order valence-electron chi connectivity index (χ1n) is 9.95. The molecule has 0 amide bonds. The quantitative estimate of drug-likeness (QED) is 0.447. The molecule has 5 rings (SSSR count). The average molecular weight is 433 g/mol. The number of carboxylic acids is 1. The normalized spacial score (nSPS) is 12.2. The fourth-order valence-corrected chi connectivity index (χ4v) is 4.87. The van der Waals surface area contributed by atoms with Crippen molar-refractivity contribution in [3.8, 4) is 27.8 Å². The van der Waals surface area contributed by atoms with Gasteiger partial charge in [-0.25, -0.2) is 4.79 Å². The van der Waals surface area contributed by atoms with Crippen LogP contribution in [0.2, 0.25) is 0 Å². The van der Waals surface area contributed by atoms with E-state index in [1.165, 1.54) is 0 Å². The average Bonchev–Trinajstić information content (AvgIpc) is 3.33. The van der Waals surface area contributed by atoms with Gasteiger partial charge in [-0.15, -0.1) is 0 Å². The minimum absolute atomic E-state index is 0.323. The number of carbonyl (C=O) groups is 1. The molecule has 0 saturated carbocycles. The Morgan fingerprint density at radius 1 is 1.10 bits per heavy atom. The van der Waals surface area contributed by atoms with Crippen LogP contribution in [-0.2, 0) is 26.5 Å². The Balaban J connectivity index is 1.40.